The van der Waals surface area contributed by atoms with E-state index in [-0.39, 0.29) is 0 Å². The summed E-state index contributed by atoms with van der Waals surface area (Å²) in [7, 11) is 0. The summed E-state index contributed by atoms with van der Waals surface area (Å²) in [5.74, 6) is 0.761. The van der Waals surface area contributed by atoms with E-state index in [1.807, 2.05) is 19.9 Å². The number of hydrogen-bond acceptors (Lipinski definition) is 2. The SMILES string of the molecule is Cc1n[c]c2[nH]c(C)cc2n1. The maximum atomic E-state index is 4.22. The van der Waals surface area contributed by atoms with E-state index in [0.29, 0.717) is 0 Å². The van der Waals surface area contributed by atoms with Crippen molar-refractivity contribution in [2.24, 2.45) is 0 Å². The summed E-state index contributed by atoms with van der Waals surface area (Å²) >= 11 is 0. The topological polar surface area (TPSA) is 41.6 Å². The smallest absolute Gasteiger partial charge is 0.126 e. The number of H-pyrrole nitrogens is 1. The van der Waals surface area contributed by atoms with E-state index in [1.165, 1.54) is 0 Å². The van der Waals surface area contributed by atoms with Crippen molar-refractivity contribution in [1.29, 1.82) is 0 Å². The summed E-state index contributed by atoms with van der Waals surface area (Å²) < 4.78 is 0. The molecule has 11 heavy (non-hydrogen) atoms. The van der Waals surface area contributed by atoms with Crippen LogP contribution in [0.4, 0.5) is 0 Å². The van der Waals surface area contributed by atoms with Crippen molar-refractivity contribution in [3.8, 4) is 0 Å². The molecule has 55 valence electrons. The number of aromatic amines is 1. The first kappa shape index (κ1) is 6.34. The van der Waals surface area contributed by atoms with Crippen molar-refractivity contribution >= 4 is 11.0 Å². The van der Waals surface area contributed by atoms with Gasteiger partial charge in [-0.25, -0.2) is 9.97 Å². The highest BCUT2D eigenvalue weighted by atomic mass is 14.9. The van der Waals surface area contributed by atoms with Gasteiger partial charge >= 0.3 is 0 Å². The van der Waals surface area contributed by atoms with Crippen LogP contribution in [0.15, 0.2) is 6.07 Å². The summed E-state index contributed by atoms with van der Waals surface area (Å²) in [5.41, 5.74) is 2.92. The van der Waals surface area contributed by atoms with Crippen LogP contribution in [-0.2, 0) is 0 Å². The lowest BCUT2D eigenvalue weighted by Crippen LogP contribution is -1.85. The van der Waals surface area contributed by atoms with Crippen LogP contribution in [0.2, 0.25) is 0 Å². The molecular weight excluding hydrogens is 138 g/mol. The van der Waals surface area contributed by atoms with Crippen molar-refractivity contribution in [3.05, 3.63) is 23.8 Å². The first-order valence-electron chi connectivity index (χ1n) is 3.47. The second-order valence-corrected chi connectivity index (χ2v) is 2.60. The molecule has 0 saturated heterocycles. The van der Waals surface area contributed by atoms with Crippen LogP contribution < -0.4 is 0 Å². The van der Waals surface area contributed by atoms with Gasteiger partial charge in [-0.05, 0) is 19.9 Å². The Morgan fingerprint density at radius 2 is 2.27 bits per heavy atom. The highest BCUT2D eigenvalue weighted by Crippen LogP contribution is 2.09. The molecule has 0 aliphatic rings. The molecule has 0 fully saturated rings. The van der Waals surface area contributed by atoms with E-state index in [2.05, 4.69) is 21.1 Å². The fraction of sp³-hybridized carbons (Fsp3) is 0.250. The third-order valence-electron chi connectivity index (χ3n) is 1.54. The molecule has 0 saturated carbocycles. The number of hydrogen-bond donors (Lipinski definition) is 1. The minimum atomic E-state index is 0.761. The Bertz CT molecular complexity index is 389. The minimum Gasteiger partial charge on any atom is -0.356 e. The van der Waals surface area contributed by atoms with Gasteiger partial charge in [0.2, 0.25) is 0 Å². The van der Waals surface area contributed by atoms with Gasteiger partial charge in [-0.3, -0.25) is 0 Å². The summed E-state index contributed by atoms with van der Waals surface area (Å²) in [6, 6.07) is 1.99. The monoisotopic (exact) mass is 146 g/mol. The van der Waals surface area contributed by atoms with Gasteiger partial charge in [0.25, 0.3) is 0 Å². The van der Waals surface area contributed by atoms with Gasteiger partial charge in [0.1, 0.15) is 12.0 Å². The summed E-state index contributed by atoms with van der Waals surface area (Å²) in [5, 5.41) is 0. The van der Waals surface area contributed by atoms with E-state index in [1.54, 1.807) is 0 Å². The van der Waals surface area contributed by atoms with Crippen molar-refractivity contribution in [2.75, 3.05) is 0 Å². The van der Waals surface area contributed by atoms with Crippen LogP contribution in [0.5, 0.6) is 0 Å². The number of fused-ring (bicyclic) bond motifs is 1. The third-order valence-corrected chi connectivity index (χ3v) is 1.54. The van der Waals surface area contributed by atoms with Crippen LogP contribution in [0.3, 0.4) is 0 Å². The van der Waals surface area contributed by atoms with E-state index in [0.717, 1.165) is 22.6 Å². The lowest BCUT2D eigenvalue weighted by Gasteiger charge is -1.88. The summed E-state index contributed by atoms with van der Waals surface area (Å²) in [4.78, 5) is 11.3. The van der Waals surface area contributed by atoms with Crippen molar-refractivity contribution in [3.63, 3.8) is 0 Å². The first-order chi connectivity index (χ1) is 5.25. The van der Waals surface area contributed by atoms with E-state index in [9.17, 15) is 0 Å². The molecule has 2 rings (SSSR count). The lowest BCUT2D eigenvalue weighted by molar-refractivity contribution is 1.08. The Hall–Kier alpha value is -1.38. The number of rotatable bonds is 0. The maximum Gasteiger partial charge on any atom is 0.126 e. The Morgan fingerprint density at radius 3 is 3.09 bits per heavy atom. The molecule has 0 aliphatic heterocycles. The Labute approximate surface area is 64.5 Å². The normalized spacial score (nSPS) is 10.7. The molecule has 3 heteroatoms. The zero-order valence-corrected chi connectivity index (χ0v) is 6.47. The van der Waals surface area contributed by atoms with Gasteiger partial charge in [0.05, 0.1) is 11.0 Å². The quantitative estimate of drug-likeness (QED) is 0.610. The van der Waals surface area contributed by atoms with Crippen molar-refractivity contribution in [2.45, 2.75) is 13.8 Å². The zero-order valence-electron chi connectivity index (χ0n) is 6.47. The molecule has 2 heterocycles. The first-order valence-corrected chi connectivity index (χ1v) is 3.47. The molecule has 2 aromatic rings. The molecule has 2 aromatic heterocycles. The van der Waals surface area contributed by atoms with Gasteiger partial charge in [0.15, 0.2) is 0 Å². The molecule has 0 aromatic carbocycles. The van der Waals surface area contributed by atoms with Gasteiger partial charge in [0, 0.05) is 5.69 Å². The third kappa shape index (κ3) is 0.981. The minimum absolute atomic E-state index is 0.761. The number of nitrogens with zero attached hydrogens (tertiary/aromatic N) is 2. The number of aryl methyl sites for hydroxylation is 2. The summed E-state index contributed by atoms with van der Waals surface area (Å²) in [6.07, 6.45) is 2.87. The second-order valence-electron chi connectivity index (χ2n) is 2.60. The van der Waals surface area contributed by atoms with Gasteiger partial charge in [-0.15, -0.1) is 0 Å². The molecule has 0 spiro atoms. The predicted molar refractivity (Wildman–Crippen MR) is 42.2 cm³/mol. The molecule has 0 aliphatic carbocycles. The molecule has 0 bridgehead atoms. The van der Waals surface area contributed by atoms with Crippen LogP contribution in [0.1, 0.15) is 11.5 Å². The highest BCUT2D eigenvalue weighted by molar-refractivity contribution is 5.74. The Balaban J connectivity index is 2.82. The van der Waals surface area contributed by atoms with Crippen LogP contribution in [-0.4, -0.2) is 15.0 Å². The van der Waals surface area contributed by atoms with E-state index < -0.39 is 0 Å². The number of aromatic nitrogens is 3. The van der Waals surface area contributed by atoms with Crippen LogP contribution in [0.25, 0.3) is 11.0 Å². The highest BCUT2D eigenvalue weighted by Gasteiger charge is 1.98. The molecule has 0 unspecified atom stereocenters. The van der Waals surface area contributed by atoms with Crippen molar-refractivity contribution in [1.82, 2.24) is 15.0 Å². The largest absolute Gasteiger partial charge is 0.356 e. The maximum absolute atomic E-state index is 4.22. The second kappa shape index (κ2) is 2.05. The number of nitrogens with one attached hydrogen (secondary N) is 1. The standard InChI is InChI=1S/C8H8N3/c1-5-3-7-8(10-5)4-9-6(2)11-7/h3,10H,1-2H3. The molecular formula is C8H8N3. The lowest BCUT2D eigenvalue weighted by atomic mass is 10.4. The van der Waals surface area contributed by atoms with Gasteiger partial charge in [-0.1, -0.05) is 0 Å². The van der Waals surface area contributed by atoms with E-state index in [4.69, 9.17) is 0 Å². The molecule has 1 radical (unpaired) electrons. The van der Waals surface area contributed by atoms with Crippen LogP contribution >= 0.6 is 0 Å². The predicted octanol–water partition coefficient (Wildman–Crippen LogP) is 1.37. The Morgan fingerprint density at radius 1 is 1.45 bits per heavy atom. The zero-order chi connectivity index (χ0) is 7.84. The van der Waals surface area contributed by atoms with Crippen LogP contribution in [0, 0.1) is 20.0 Å². The van der Waals surface area contributed by atoms with Gasteiger partial charge < -0.3 is 4.98 Å². The molecule has 3 nitrogen and oxygen atoms in total. The average molecular weight is 146 g/mol. The average Bonchev–Trinajstić information content (AvgIpc) is 2.27. The molecule has 0 amide bonds. The Kier molecular flexibility index (Phi) is 1.18. The molecule has 0 atom stereocenters. The summed E-state index contributed by atoms with van der Waals surface area (Å²) in [6.45, 7) is 3.85. The van der Waals surface area contributed by atoms with E-state index >= 15 is 0 Å². The van der Waals surface area contributed by atoms with Gasteiger partial charge in [-0.2, -0.15) is 0 Å². The molecule has 1 N–H and O–H groups in total. The van der Waals surface area contributed by atoms with Crippen molar-refractivity contribution < 1.29 is 0 Å². The fourth-order valence-corrected chi connectivity index (χ4v) is 1.08. The fourth-order valence-electron chi connectivity index (χ4n) is 1.08.